The van der Waals surface area contributed by atoms with Gasteiger partial charge in [0.1, 0.15) is 12.4 Å². The van der Waals surface area contributed by atoms with Gasteiger partial charge in [-0.15, -0.1) is 0 Å². The normalized spacial score (nSPS) is 10.7. The second kappa shape index (κ2) is 6.58. The Morgan fingerprint density at radius 2 is 1.83 bits per heavy atom. The van der Waals surface area contributed by atoms with Crippen molar-refractivity contribution in [3.63, 3.8) is 0 Å². The summed E-state index contributed by atoms with van der Waals surface area (Å²) in [5, 5.41) is 19.6. The van der Waals surface area contributed by atoms with Crippen LogP contribution >= 0.6 is 11.6 Å². The Bertz CT molecular complexity index is 783. The minimum Gasteiger partial charge on any atom is -0.494 e. The van der Waals surface area contributed by atoms with Gasteiger partial charge < -0.3 is 14.9 Å². The van der Waals surface area contributed by atoms with Crippen molar-refractivity contribution in [2.45, 2.75) is 6.54 Å². The molecule has 0 fully saturated rings. The maximum Gasteiger partial charge on any atom is 0.193 e. The zero-order valence-electron chi connectivity index (χ0n) is 12.1. The summed E-state index contributed by atoms with van der Waals surface area (Å²) in [4.78, 5) is 8.26. The fourth-order valence-corrected chi connectivity index (χ4v) is 2.35. The van der Waals surface area contributed by atoms with Crippen molar-refractivity contribution in [1.29, 1.82) is 0 Å². The van der Waals surface area contributed by atoms with Crippen LogP contribution in [-0.2, 0) is 6.54 Å². The van der Waals surface area contributed by atoms with Crippen LogP contribution in [0.1, 0.15) is 0 Å². The number of nitrogens with zero attached hydrogens (tertiary/aromatic N) is 3. The summed E-state index contributed by atoms with van der Waals surface area (Å²) < 4.78 is 6.91. The van der Waals surface area contributed by atoms with Crippen LogP contribution < -0.4 is 4.74 Å². The second-order valence-electron chi connectivity index (χ2n) is 4.78. The van der Waals surface area contributed by atoms with E-state index in [-0.39, 0.29) is 18.4 Å². The lowest BCUT2D eigenvalue weighted by Crippen LogP contribution is -2.07. The molecule has 23 heavy (non-hydrogen) atoms. The van der Waals surface area contributed by atoms with E-state index in [1.807, 2.05) is 0 Å². The topological polar surface area (TPSA) is 80.4 Å². The van der Waals surface area contributed by atoms with Gasteiger partial charge in [-0.25, -0.2) is 0 Å². The molecule has 118 valence electrons. The Morgan fingerprint density at radius 3 is 2.48 bits per heavy atom. The average molecular weight is 332 g/mol. The largest absolute Gasteiger partial charge is 0.494 e. The fourth-order valence-electron chi connectivity index (χ4n) is 2.14. The third-order valence-electron chi connectivity index (χ3n) is 3.30. The van der Waals surface area contributed by atoms with E-state index in [2.05, 4.69) is 9.97 Å². The van der Waals surface area contributed by atoms with E-state index < -0.39 is 0 Å². The third kappa shape index (κ3) is 3.37. The molecule has 0 aliphatic rings. The molecule has 3 rings (SSSR count). The van der Waals surface area contributed by atoms with Gasteiger partial charge in [0.15, 0.2) is 11.8 Å². The van der Waals surface area contributed by atoms with E-state index >= 15 is 0 Å². The van der Waals surface area contributed by atoms with Crippen LogP contribution in [0.3, 0.4) is 0 Å². The highest BCUT2D eigenvalue weighted by Gasteiger charge is 2.07. The molecule has 0 spiro atoms. The minimum atomic E-state index is -0.00750. The molecule has 0 saturated heterocycles. The molecule has 0 aliphatic carbocycles. The number of pyridine rings is 2. The number of aromatic hydroxyl groups is 2. The Hall–Kier alpha value is -2.73. The first-order valence-electron chi connectivity index (χ1n) is 6.91. The van der Waals surface area contributed by atoms with E-state index in [0.717, 1.165) is 11.3 Å². The van der Waals surface area contributed by atoms with Gasteiger partial charge >= 0.3 is 0 Å². The molecule has 3 aromatic heterocycles. The maximum atomic E-state index is 9.53. The summed E-state index contributed by atoms with van der Waals surface area (Å²) >= 11 is 6.08. The van der Waals surface area contributed by atoms with Gasteiger partial charge in [-0.2, -0.15) is 0 Å². The molecule has 0 aromatic carbocycles. The Morgan fingerprint density at radius 1 is 1.04 bits per heavy atom. The van der Waals surface area contributed by atoms with Gasteiger partial charge in [-0.3, -0.25) is 14.5 Å². The SMILES string of the molecule is Oc1ccc(O)n1CCOc1ccc(-c2ccncc2Cl)nc1. The van der Waals surface area contributed by atoms with Gasteiger partial charge in [0, 0.05) is 30.1 Å². The molecule has 0 saturated carbocycles. The lowest BCUT2D eigenvalue weighted by molar-refractivity contribution is 0.274. The van der Waals surface area contributed by atoms with E-state index in [9.17, 15) is 10.2 Å². The lowest BCUT2D eigenvalue weighted by Gasteiger charge is -2.09. The summed E-state index contributed by atoms with van der Waals surface area (Å²) in [6.45, 7) is 0.607. The molecule has 0 aliphatic heterocycles. The van der Waals surface area contributed by atoms with E-state index in [0.29, 0.717) is 17.3 Å². The molecule has 0 atom stereocenters. The predicted molar refractivity (Wildman–Crippen MR) is 85.7 cm³/mol. The first-order valence-corrected chi connectivity index (χ1v) is 7.29. The van der Waals surface area contributed by atoms with Crippen molar-refractivity contribution in [2.75, 3.05) is 6.61 Å². The molecular weight excluding hydrogens is 318 g/mol. The molecule has 7 heteroatoms. The molecular formula is C16H14ClN3O3. The Kier molecular flexibility index (Phi) is 4.34. The molecule has 0 amide bonds. The Labute approximate surface area is 137 Å². The van der Waals surface area contributed by atoms with Crippen LogP contribution in [0.25, 0.3) is 11.3 Å². The molecule has 0 radical (unpaired) electrons. The van der Waals surface area contributed by atoms with Crippen LogP contribution in [-0.4, -0.2) is 31.4 Å². The zero-order valence-corrected chi connectivity index (χ0v) is 12.8. The number of hydrogen-bond acceptors (Lipinski definition) is 5. The molecule has 0 bridgehead atoms. The molecule has 3 aromatic rings. The van der Waals surface area contributed by atoms with Gasteiger partial charge in [-0.05, 0) is 18.2 Å². The quantitative estimate of drug-likeness (QED) is 0.751. The first kappa shape index (κ1) is 15.2. The standard InChI is InChI=1S/C16H14ClN3O3/c17-13-10-18-6-5-12(13)14-2-1-11(9-19-14)23-8-7-20-15(21)3-4-16(20)22/h1-6,9-10,21-22H,7-8H2. The highest BCUT2D eigenvalue weighted by Crippen LogP contribution is 2.26. The third-order valence-corrected chi connectivity index (χ3v) is 3.60. The lowest BCUT2D eigenvalue weighted by atomic mass is 10.2. The van der Waals surface area contributed by atoms with Crippen molar-refractivity contribution in [2.24, 2.45) is 0 Å². The van der Waals surface area contributed by atoms with E-state index in [4.69, 9.17) is 16.3 Å². The smallest absolute Gasteiger partial charge is 0.193 e. The first-order chi connectivity index (χ1) is 11.1. The number of ether oxygens (including phenoxy) is 1. The molecule has 6 nitrogen and oxygen atoms in total. The van der Waals surface area contributed by atoms with Crippen LogP contribution in [0, 0.1) is 0 Å². The number of hydrogen-bond donors (Lipinski definition) is 2. The summed E-state index contributed by atoms with van der Waals surface area (Å²) in [6.07, 6.45) is 4.82. The minimum absolute atomic E-state index is 0.00750. The van der Waals surface area contributed by atoms with Crippen LogP contribution in [0.5, 0.6) is 17.5 Å². The molecule has 3 heterocycles. The zero-order chi connectivity index (χ0) is 16.2. The van der Waals surface area contributed by atoms with Gasteiger partial charge in [0.05, 0.1) is 23.5 Å². The number of rotatable bonds is 5. The highest BCUT2D eigenvalue weighted by molar-refractivity contribution is 6.33. The predicted octanol–water partition coefficient (Wildman–Crippen LogP) is 3.09. The van der Waals surface area contributed by atoms with Crippen LogP contribution in [0.4, 0.5) is 0 Å². The van der Waals surface area contributed by atoms with Crippen LogP contribution in [0.15, 0.2) is 48.9 Å². The van der Waals surface area contributed by atoms with Crippen LogP contribution in [0.2, 0.25) is 5.02 Å². The van der Waals surface area contributed by atoms with Crippen molar-refractivity contribution in [3.05, 3.63) is 53.9 Å². The summed E-state index contributed by atoms with van der Waals surface area (Å²) in [7, 11) is 0. The van der Waals surface area contributed by atoms with Gasteiger partial charge in [0.2, 0.25) is 0 Å². The van der Waals surface area contributed by atoms with E-state index in [1.54, 1.807) is 36.8 Å². The highest BCUT2D eigenvalue weighted by atomic mass is 35.5. The fraction of sp³-hybridized carbons (Fsp3) is 0.125. The maximum absolute atomic E-state index is 9.53. The van der Waals surface area contributed by atoms with E-state index in [1.165, 1.54) is 16.7 Å². The monoisotopic (exact) mass is 331 g/mol. The summed E-state index contributed by atoms with van der Waals surface area (Å²) in [6, 6.07) is 8.23. The average Bonchev–Trinajstić information content (AvgIpc) is 2.88. The van der Waals surface area contributed by atoms with Crippen molar-refractivity contribution < 1.29 is 14.9 Å². The number of aromatic nitrogens is 3. The van der Waals surface area contributed by atoms with Gasteiger partial charge in [0.25, 0.3) is 0 Å². The van der Waals surface area contributed by atoms with Crippen molar-refractivity contribution in [1.82, 2.24) is 14.5 Å². The summed E-state index contributed by atoms with van der Waals surface area (Å²) in [5.74, 6) is 0.573. The molecule has 2 N–H and O–H groups in total. The summed E-state index contributed by atoms with van der Waals surface area (Å²) in [5.41, 5.74) is 1.53. The number of halogens is 1. The van der Waals surface area contributed by atoms with Crippen molar-refractivity contribution in [3.8, 4) is 28.8 Å². The van der Waals surface area contributed by atoms with Gasteiger partial charge in [-0.1, -0.05) is 11.6 Å². The molecule has 0 unspecified atom stereocenters. The van der Waals surface area contributed by atoms with Crippen molar-refractivity contribution >= 4 is 11.6 Å². The Balaban J connectivity index is 1.63. The second-order valence-corrected chi connectivity index (χ2v) is 5.19.